The molecular weight excluding hydrogens is 687 g/mol. The van der Waals surface area contributed by atoms with Crippen molar-refractivity contribution in [2.45, 2.75) is 24.7 Å². The fraction of sp³-hybridized carbons (Fsp3) is 0.0714. The van der Waals surface area contributed by atoms with Crippen LogP contribution < -0.4 is 4.90 Å². The van der Waals surface area contributed by atoms with Crippen LogP contribution in [0, 0.1) is 0 Å². The van der Waals surface area contributed by atoms with Crippen molar-refractivity contribution in [2.75, 3.05) is 4.90 Å². The lowest BCUT2D eigenvalue weighted by molar-refractivity contribution is 0.660. The van der Waals surface area contributed by atoms with Crippen LogP contribution in [0.3, 0.4) is 0 Å². The maximum absolute atomic E-state index is 2.53. The largest absolute Gasteiger partial charge is 0.309 e. The Morgan fingerprint density at radius 3 is 1.68 bits per heavy atom. The van der Waals surface area contributed by atoms with E-state index in [0.29, 0.717) is 0 Å². The summed E-state index contributed by atoms with van der Waals surface area (Å²) in [4.78, 5) is 2.53. The minimum Gasteiger partial charge on any atom is -0.309 e. The fourth-order valence-electron chi connectivity index (χ4n) is 10.7. The SMILES string of the molecule is CC1(C)c2ccccc2-c2cc(-c3cccc(N4c5cc6c(cc5-c5cccc7cccc4c57)-c4ccccc4C6(c4ccccc4)c4ccccc4)c3)ccc21. The molecule has 0 bridgehead atoms. The van der Waals surface area contributed by atoms with E-state index >= 15 is 0 Å². The summed E-state index contributed by atoms with van der Waals surface area (Å²) in [6.45, 7) is 4.70. The topological polar surface area (TPSA) is 3.24 Å². The molecule has 0 saturated heterocycles. The Balaban J connectivity index is 1.12. The molecule has 0 atom stereocenters. The molecule has 0 radical (unpaired) electrons. The van der Waals surface area contributed by atoms with Crippen molar-refractivity contribution in [1.29, 1.82) is 0 Å². The molecule has 0 saturated carbocycles. The Kier molecular flexibility index (Phi) is 6.67. The Morgan fingerprint density at radius 2 is 0.930 bits per heavy atom. The minimum absolute atomic E-state index is 0.0233. The van der Waals surface area contributed by atoms with E-state index in [1.807, 2.05) is 0 Å². The van der Waals surface area contributed by atoms with Crippen LogP contribution in [0.1, 0.15) is 47.2 Å². The quantitative estimate of drug-likeness (QED) is 0.175. The molecule has 3 aliphatic rings. The number of hydrogen-bond acceptors (Lipinski definition) is 1. The second kappa shape index (κ2) is 11.8. The number of hydrogen-bond donors (Lipinski definition) is 0. The summed E-state index contributed by atoms with van der Waals surface area (Å²) in [6.07, 6.45) is 0. The predicted octanol–water partition coefficient (Wildman–Crippen LogP) is 14.6. The number of anilines is 3. The van der Waals surface area contributed by atoms with Gasteiger partial charge in [-0.05, 0) is 114 Å². The highest BCUT2D eigenvalue weighted by Gasteiger charge is 2.47. The first-order chi connectivity index (χ1) is 28.0. The van der Waals surface area contributed by atoms with Crippen LogP contribution in [0.4, 0.5) is 17.1 Å². The van der Waals surface area contributed by atoms with Gasteiger partial charge in [0.15, 0.2) is 0 Å². The molecule has 1 heterocycles. The van der Waals surface area contributed by atoms with Gasteiger partial charge in [-0.25, -0.2) is 0 Å². The third kappa shape index (κ3) is 4.34. The lowest BCUT2D eigenvalue weighted by Gasteiger charge is -2.37. The van der Waals surface area contributed by atoms with Gasteiger partial charge in [0.25, 0.3) is 0 Å². The number of rotatable bonds is 4. The lowest BCUT2D eigenvalue weighted by atomic mass is 9.67. The average molecular weight is 726 g/mol. The third-order valence-corrected chi connectivity index (χ3v) is 13.3. The van der Waals surface area contributed by atoms with Gasteiger partial charge in [-0.1, -0.05) is 178 Å². The standard InChI is InChI=1S/C56H39N/c1-55(2)48-27-11-9-24-42(48)45-33-38(30-31-49(45)55)37-18-13-23-41(32-37)57-52-29-15-17-36-16-14-26-44(54(36)52)47-34-46-43-25-10-12-28-50(43)56(51(46)35-53(47)57,39-19-5-3-6-20-39)40-21-7-4-8-22-40/h3-35H,1-2H3. The zero-order chi connectivity index (χ0) is 37.9. The summed E-state index contributed by atoms with van der Waals surface area (Å²) in [5.41, 5.74) is 21.3. The van der Waals surface area contributed by atoms with Crippen molar-refractivity contribution in [1.82, 2.24) is 0 Å². The molecule has 57 heavy (non-hydrogen) atoms. The Labute approximate surface area is 334 Å². The maximum Gasteiger partial charge on any atom is 0.0714 e. The number of fused-ring (bicyclic) bond motifs is 8. The van der Waals surface area contributed by atoms with Crippen LogP contribution in [0.15, 0.2) is 200 Å². The molecule has 0 N–H and O–H groups in total. The van der Waals surface area contributed by atoms with E-state index in [0.717, 1.165) is 5.69 Å². The molecule has 0 spiro atoms. The summed E-state index contributed by atoms with van der Waals surface area (Å²) in [5, 5.41) is 2.54. The van der Waals surface area contributed by atoms with Gasteiger partial charge in [0.1, 0.15) is 0 Å². The minimum atomic E-state index is -0.492. The van der Waals surface area contributed by atoms with Crippen LogP contribution >= 0.6 is 0 Å². The van der Waals surface area contributed by atoms with Gasteiger partial charge in [0, 0.05) is 22.1 Å². The van der Waals surface area contributed by atoms with Crippen molar-refractivity contribution < 1.29 is 0 Å². The van der Waals surface area contributed by atoms with E-state index in [1.54, 1.807) is 0 Å². The summed E-state index contributed by atoms with van der Waals surface area (Å²) >= 11 is 0. The molecule has 12 rings (SSSR count). The highest BCUT2D eigenvalue weighted by Crippen LogP contribution is 2.61. The molecular formula is C56H39N. The number of benzene rings is 9. The smallest absolute Gasteiger partial charge is 0.0714 e. The van der Waals surface area contributed by atoms with E-state index < -0.39 is 5.41 Å². The van der Waals surface area contributed by atoms with Crippen molar-refractivity contribution in [3.63, 3.8) is 0 Å². The van der Waals surface area contributed by atoms with Gasteiger partial charge >= 0.3 is 0 Å². The summed E-state index contributed by atoms with van der Waals surface area (Å²) in [5.74, 6) is 0. The highest BCUT2D eigenvalue weighted by molar-refractivity contribution is 6.15. The van der Waals surface area contributed by atoms with Gasteiger partial charge in [0.05, 0.1) is 16.8 Å². The lowest BCUT2D eigenvalue weighted by Crippen LogP contribution is -2.29. The molecule has 9 aromatic carbocycles. The van der Waals surface area contributed by atoms with Crippen molar-refractivity contribution in [2.24, 2.45) is 0 Å². The van der Waals surface area contributed by atoms with Crippen molar-refractivity contribution >= 4 is 27.8 Å². The molecule has 2 aliphatic carbocycles. The highest BCUT2D eigenvalue weighted by atomic mass is 15.2. The summed E-state index contributed by atoms with van der Waals surface area (Å²) < 4.78 is 0. The van der Waals surface area contributed by atoms with E-state index in [1.165, 1.54) is 100 Å². The second-order valence-electron chi connectivity index (χ2n) is 16.4. The zero-order valence-corrected chi connectivity index (χ0v) is 32.0. The first-order valence-corrected chi connectivity index (χ1v) is 20.1. The van der Waals surface area contributed by atoms with E-state index in [-0.39, 0.29) is 5.41 Å². The van der Waals surface area contributed by atoms with Gasteiger partial charge in [0.2, 0.25) is 0 Å². The third-order valence-electron chi connectivity index (χ3n) is 13.3. The molecule has 1 nitrogen and oxygen atoms in total. The molecule has 1 aliphatic heterocycles. The molecule has 1 heteroatoms. The van der Waals surface area contributed by atoms with Gasteiger partial charge in [-0.15, -0.1) is 0 Å². The molecule has 0 amide bonds. The molecule has 9 aromatic rings. The first-order valence-electron chi connectivity index (χ1n) is 20.1. The van der Waals surface area contributed by atoms with Gasteiger partial charge in [-0.3, -0.25) is 0 Å². The van der Waals surface area contributed by atoms with Crippen LogP contribution in [-0.2, 0) is 10.8 Å². The van der Waals surface area contributed by atoms with Crippen molar-refractivity contribution in [3.8, 4) is 44.5 Å². The van der Waals surface area contributed by atoms with E-state index in [4.69, 9.17) is 0 Å². The monoisotopic (exact) mass is 725 g/mol. The molecule has 0 fully saturated rings. The predicted molar refractivity (Wildman–Crippen MR) is 238 cm³/mol. The fourth-order valence-corrected chi connectivity index (χ4v) is 10.7. The van der Waals surface area contributed by atoms with E-state index in [9.17, 15) is 0 Å². The van der Waals surface area contributed by atoms with Gasteiger partial charge < -0.3 is 4.90 Å². The number of nitrogens with zero attached hydrogens (tertiary/aromatic N) is 1. The van der Waals surface area contributed by atoms with Crippen LogP contribution in [0.2, 0.25) is 0 Å². The first kappa shape index (κ1) is 32.3. The van der Waals surface area contributed by atoms with E-state index in [2.05, 4.69) is 219 Å². The van der Waals surface area contributed by atoms with Crippen LogP contribution in [0.25, 0.3) is 55.3 Å². The Morgan fingerprint density at radius 1 is 0.351 bits per heavy atom. The normalized spacial score (nSPS) is 14.7. The molecule has 268 valence electrons. The Bertz CT molecular complexity index is 3050. The zero-order valence-electron chi connectivity index (χ0n) is 32.0. The Hall–Kier alpha value is -6.96. The van der Waals surface area contributed by atoms with Crippen molar-refractivity contribution in [3.05, 3.63) is 234 Å². The summed E-state index contributed by atoms with van der Waals surface area (Å²) in [6, 6.07) is 75.1. The molecule has 0 unspecified atom stereocenters. The molecule has 0 aromatic heterocycles. The van der Waals surface area contributed by atoms with Gasteiger partial charge in [-0.2, -0.15) is 0 Å². The second-order valence-corrected chi connectivity index (χ2v) is 16.4. The van der Waals surface area contributed by atoms with Crippen LogP contribution in [-0.4, -0.2) is 0 Å². The average Bonchev–Trinajstić information content (AvgIpc) is 3.69. The summed E-state index contributed by atoms with van der Waals surface area (Å²) in [7, 11) is 0. The maximum atomic E-state index is 2.53. The van der Waals surface area contributed by atoms with Crippen LogP contribution in [0.5, 0.6) is 0 Å².